The molecule has 0 fully saturated rings. The summed E-state index contributed by atoms with van der Waals surface area (Å²) < 4.78 is 0. The molecule has 0 bridgehead atoms. The number of aromatic nitrogens is 1. The normalized spacial score (nSPS) is 10.6. The number of aliphatic carboxylic acids is 1. The fourth-order valence-electron chi connectivity index (χ4n) is 1.77. The van der Waals surface area contributed by atoms with Crippen LogP contribution in [0.15, 0.2) is 29.6 Å². The molecule has 0 amide bonds. The summed E-state index contributed by atoms with van der Waals surface area (Å²) in [5.41, 5.74) is 3.03. The summed E-state index contributed by atoms with van der Waals surface area (Å²) in [6.07, 6.45) is 0.0752. The number of nitrogens with one attached hydrogen (secondary N) is 1. The number of carboxylic acids is 1. The fraction of sp³-hybridized carbons (Fsp3) is 0.286. The van der Waals surface area contributed by atoms with Crippen LogP contribution in [-0.2, 0) is 24.3 Å². The first-order valence-corrected chi connectivity index (χ1v) is 6.93. The van der Waals surface area contributed by atoms with Gasteiger partial charge in [-0.25, -0.2) is 4.98 Å². The highest BCUT2D eigenvalue weighted by molar-refractivity contribution is 7.09. The molecule has 1 heterocycles. The molecule has 19 heavy (non-hydrogen) atoms. The molecule has 2 aromatic rings. The Morgan fingerprint density at radius 3 is 2.53 bits per heavy atom. The Hall–Kier alpha value is -1.72. The summed E-state index contributed by atoms with van der Waals surface area (Å²) >= 11 is 1.65. The third-order valence-corrected chi connectivity index (χ3v) is 3.50. The van der Waals surface area contributed by atoms with Crippen LogP contribution in [0.3, 0.4) is 0 Å². The fourth-order valence-corrected chi connectivity index (χ4v) is 2.39. The van der Waals surface area contributed by atoms with Crippen molar-refractivity contribution in [1.29, 1.82) is 0 Å². The van der Waals surface area contributed by atoms with Crippen LogP contribution in [0.4, 0.5) is 0 Å². The van der Waals surface area contributed by atoms with Gasteiger partial charge in [-0.2, -0.15) is 0 Å². The van der Waals surface area contributed by atoms with Crippen LogP contribution in [0.2, 0.25) is 0 Å². The van der Waals surface area contributed by atoms with E-state index in [0.717, 1.165) is 34.9 Å². The monoisotopic (exact) mass is 276 g/mol. The number of carboxylic acid groups (broad SMARTS) is 1. The van der Waals surface area contributed by atoms with Gasteiger partial charge in [0.25, 0.3) is 0 Å². The molecular weight excluding hydrogens is 260 g/mol. The summed E-state index contributed by atoms with van der Waals surface area (Å²) in [6, 6.07) is 7.63. The van der Waals surface area contributed by atoms with E-state index in [0.29, 0.717) is 0 Å². The Balaban J connectivity index is 1.81. The number of carbonyl (C=O) groups is 1. The van der Waals surface area contributed by atoms with E-state index >= 15 is 0 Å². The van der Waals surface area contributed by atoms with Gasteiger partial charge in [0.2, 0.25) is 0 Å². The van der Waals surface area contributed by atoms with Crippen LogP contribution >= 0.6 is 11.3 Å². The number of nitrogens with zero attached hydrogens (tertiary/aromatic N) is 1. The second kappa shape index (κ2) is 6.45. The highest BCUT2D eigenvalue weighted by atomic mass is 32.1. The number of benzene rings is 1. The van der Waals surface area contributed by atoms with E-state index in [-0.39, 0.29) is 6.42 Å². The number of aryl methyl sites for hydroxylation is 1. The van der Waals surface area contributed by atoms with Gasteiger partial charge in [0.1, 0.15) is 0 Å². The van der Waals surface area contributed by atoms with Crippen molar-refractivity contribution in [2.75, 3.05) is 0 Å². The quantitative estimate of drug-likeness (QED) is 0.850. The van der Waals surface area contributed by atoms with Crippen LogP contribution in [0, 0.1) is 6.92 Å². The first-order chi connectivity index (χ1) is 9.13. The van der Waals surface area contributed by atoms with Gasteiger partial charge >= 0.3 is 5.97 Å². The lowest BCUT2D eigenvalue weighted by Crippen LogP contribution is -2.13. The predicted molar refractivity (Wildman–Crippen MR) is 75.2 cm³/mol. The minimum absolute atomic E-state index is 0.0752. The molecule has 0 aliphatic heterocycles. The molecule has 0 aliphatic rings. The summed E-state index contributed by atoms with van der Waals surface area (Å²) in [5, 5.41) is 15.1. The molecule has 2 N–H and O–H groups in total. The van der Waals surface area contributed by atoms with Crippen LogP contribution in [0.5, 0.6) is 0 Å². The van der Waals surface area contributed by atoms with Gasteiger partial charge in [-0.1, -0.05) is 24.3 Å². The highest BCUT2D eigenvalue weighted by Crippen LogP contribution is 2.08. The average molecular weight is 276 g/mol. The Morgan fingerprint density at radius 2 is 1.95 bits per heavy atom. The summed E-state index contributed by atoms with van der Waals surface area (Å²) in [4.78, 5) is 14.9. The predicted octanol–water partition coefficient (Wildman–Crippen LogP) is 2.37. The van der Waals surface area contributed by atoms with E-state index in [9.17, 15) is 4.79 Å². The van der Waals surface area contributed by atoms with Crippen molar-refractivity contribution in [3.05, 3.63) is 51.5 Å². The Bertz CT molecular complexity index is 549. The molecule has 0 radical (unpaired) electrons. The van der Waals surface area contributed by atoms with Crippen molar-refractivity contribution in [3.63, 3.8) is 0 Å². The first kappa shape index (κ1) is 13.7. The molecule has 1 aromatic heterocycles. The van der Waals surface area contributed by atoms with Crippen LogP contribution in [-0.4, -0.2) is 16.1 Å². The zero-order valence-electron chi connectivity index (χ0n) is 10.7. The minimum atomic E-state index is -0.801. The van der Waals surface area contributed by atoms with Crippen molar-refractivity contribution in [3.8, 4) is 0 Å². The molecule has 0 atom stereocenters. The van der Waals surface area contributed by atoms with Gasteiger partial charge in [-0.05, 0) is 18.1 Å². The van der Waals surface area contributed by atoms with Gasteiger partial charge in [0, 0.05) is 18.5 Å². The standard InChI is InChI=1S/C14H16N2O2S/c1-10-16-13(9-19-10)8-15-7-12-4-2-11(3-5-12)6-14(17)18/h2-5,9,15H,6-8H2,1H3,(H,17,18). The SMILES string of the molecule is Cc1nc(CNCc2ccc(CC(=O)O)cc2)cs1. The average Bonchev–Trinajstić information content (AvgIpc) is 2.77. The number of thiazole rings is 1. The maximum Gasteiger partial charge on any atom is 0.307 e. The lowest BCUT2D eigenvalue weighted by Gasteiger charge is -2.04. The maximum atomic E-state index is 10.6. The van der Waals surface area contributed by atoms with Crippen LogP contribution < -0.4 is 5.32 Å². The molecule has 0 saturated heterocycles. The smallest absolute Gasteiger partial charge is 0.307 e. The van der Waals surface area contributed by atoms with Gasteiger partial charge in [0.05, 0.1) is 17.1 Å². The highest BCUT2D eigenvalue weighted by Gasteiger charge is 2.01. The van der Waals surface area contributed by atoms with E-state index in [1.807, 2.05) is 31.2 Å². The number of hydrogen-bond donors (Lipinski definition) is 2. The van der Waals surface area contributed by atoms with Crippen molar-refractivity contribution < 1.29 is 9.90 Å². The van der Waals surface area contributed by atoms with Crippen LogP contribution in [0.25, 0.3) is 0 Å². The first-order valence-electron chi connectivity index (χ1n) is 6.05. The molecule has 5 heteroatoms. The molecule has 2 rings (SSSR count). The Morgan fingerprint density at radius 1 is 1.26 bits per heavy atom. The molecule has 1 aromatic carbocycles. The number of hydrogen-bond acceptors (Lipinski definition) is 4. The zero-order valence-corrected chi connectivity index (χ0v) is 11.5. The van der Waals surface area contributed by atoms with E-state index in [1.54, 1.807) is 11.3 Å². The van der Waals surface area contributed by atoms with E-state index in [1.165, 1.54) is 0 Å². The topological polar surface area (TPSA) is 62.2 Å². The molecular formula is C14H16N2O2S. The molecule has 100 valence electrons. The minimum Gasteiger partial charge on any atom is -0.481 e. The molecule has 0 aliphatic carbocycles. The van der Waals surface area contributed by atoms with Crippen molar-refractivity contribution in [1.82, 2.24) is 10.3 Å². The largest absolute Gasteiger partial charge is 0.481 e. The number of rotatable bonds is 6. The Labute approximate surface area is 116 Å². The third kappa shape index (κ3) is 4.46. The van der Waals surface area contributed by atoms with E-state index in [2.05, 4.69) is 15.7 Å². The molecule has 0 unspecified atom stereocenters. The second-order valence-electron chi connectivity index (χ2n) is 4.35. The molecule has 4 nitrogen and oxygen atoms in total. The van der Waals surface area contributed by atoms with Crippen molar-refractivity contribution in [2.45, 2.75) is 26.4 Å². The van der Waals surface area contributed by atoms with Gasteiger partial charge < -0.3 is 10.4 Å². The van der Waals surface area contributed by atoms with E-state index < -0.39 is 5.97 Å². The molecule has 0 spiro atoms. The lowest BCUT2D eigenvalue weighted by molar-refractivity contribution is -0.136. The van der Waals surface area contributed by atoms with Gasteiger partial charge in [0.15, 0.2) is 0 Å². The van der Waals surface area contributed by atoms with Crippen LogP contribution in [0.1, 0.15) is 21.8 Å². The second-order valence-corrected chi connectivity index (χ2v) is 5.41. The van der Waals surface area contributed by atoms with E-state index in [4.69, 9.17) is 5.11 Å². The van der Waals surface area contributed by atoms with Gasteiger partial charge in [-0.3, -0.25) is 4.79 Å². The summed E-state index contributed by atoms with van der Waals surface area (Å²) in [6.45, 7) is 3.50. The molecule has 0 saturated carbocycles. The van der Waals surface area contributed by atoms with Gasteiger partial charge in [-0.15, -0.1) is 11.3 Å². The van der Waals surface area contributed by atoms with Crippen molar-refractivity contribution >= 4 is 17.3 Å². The maximum absolute atomic E-state index is 10.6. The lowest BCUT2D eigenvalue weighted by atomic mass is 10.1. The summed E-state index contributed by atoms with van der Waals surface area (Å²) in [7, 11) is 0. The Kier molecular flexibility index (Phi) is 4.65. The summed E-state index contributed by atoms with van der Waals surface area (Å²) in [5.74, 6) is -0.801. The van der Waals surface area contributed by atoms with Crippen molar-refractivity contribution in [2.24, 2.45) is 0 Å². The third-order valence-electron chi connectivity index (χ3n) is 2.68. The zero-order chi connectivity index (χ0) is 13.7.